The molecular formula is C15H14N2O2. The molecular weight excluding hydrogens is 240 g/mol. The van der Waals surface area contributed by atoms with Crippen LogP contribution in [-0.4, -0.2) is 25.0 Å². The van der Waals surface area contributed by atoms with Crippen molar-refractivity contribution in [3.8, 4) is 0 Å². The standard InChI is InChI=1S/C15H14N2O2/c18-14(15-16-9-4-10-19-15)17-13-8-3-6-11-5-1-2-7-12(11)13/h1-3,5-8H,4,9-10H2,(H,17,18). The van der Waals surface area contributed by atoms with Crippen LogP contribution in [0.25, 0.3) is 10.8 Å². The predicted molar refractivity (Wildman–Crippen MR) is 75.4 cm³/mol. The normalized spacial score (nSPS) is 14.6. The molecule has 96 valence electrons. The van der Waals surface area contributed by atoms with Gasteiger partial charge in [-0.15, -0.1) is 0 Å². The fourth-order valence-electron chi connectivity index (χ4n) is 2.11. The number of hydrogen-bond donors (Lipinski definition) is 1. The fraction of sp³-hybridized carbons (Fsp3) is 0.200. The van der Waals surface area contributed by atoms with Crippen LogP contribution in [0.15, 0.2) is 47.5 Å². The van der Waals surface area contributed by atoms with Crippen molar-refractivity contribution in [3.05, 3.63) is 42.5 Å². The zero-order chi connectivity index (χ0) is 13.1. The second-order valence-electron chi connectivity index (χ2n) is 4.37. The molecule has 2 aromatic carbocycles. The molecule has 3 rings (SSSR count). The predicted octanol–water partition coefficient (Wildman–Crippen LogP) is 2.60. The minimum atomic E-state index is -0.281. The summed E-state index contributed by atoms with van der Waals surface area (Å²) in [5, 5.41) is 4.96. The smallest absolute Gasteiger partial charge is 0.310 e. The first kappa shape index (κ1) is 11.7. The number of nitrogens with one attached hydrogen (secondary N) is 1. The number of nitrogens with zero attached hydrogens (tertiary/aromatic N) is 1. The highest BCUT2D eigenvalue weighted by Gasteiger charge is 2.16. The van der Waals surface area contributed by atoms with Gasteiger partial charge in [0, 0.05) is 24.0 Å². The molecule has 0 spiro atoms. The summed E-state index contributed by atoms with van der Waals surface area (Å²) >= 11 is 0. The van der Waals surface area contributed by atoms with Crippen molar-refractivity contribution in [1.82, 2.24) is 0 Å². The van der Waals surface area contributed by atoms with E-state index in [1.165, 1.54) is 0 Å². The zero-order valence-corrected chi connectivity index (χ0v) is 10.4. The minimum absolute atomic E-state index is 0.180. The van der Waals surface area contributed by atoms with E-state index in [-0.39, 0.29) is 11.8 Å². The Hall–Kier alpha value is -2.36. The summed E-state index contributed by atoms with van der Waals surface area (Å²) in [6.45, 7) is 1.21. The molecule has 0 fully saturated rings. The Balaban J connectivity index is 1.89. The van der Waals surface area contributed by atoms with Crippen LogP contribution in [0.3, 0.4) is 0 Å². The molecule has 1 heterocycles. The summed E-state index contributed by atoms with van der Waals surface area (Å²) in [5.41, 5.74) is 0.778. The van der Waals surface area contributed by atoms with Gasteiger partial charge < -0.3 is 10.1 Å². The number of benzene rings is 2. The SMILES string of the molecule is O=C(Nc1cccc2ccccc12)C1=NCCCO1. The Morgan fingerprint density at radius 2 is 2.00 bits per heavy atom. The maximum atomic E-state index is 12.0. The summed E-state index contributed by atoms with van der Waals surface area (Å²) < 4.78 is 5.26. The van der Waals surface area contributed by atoms with E-state index in [0.29, 0.717) is 13.2 Å². The van der Waals surface area contributed by atoms with E-state index in [1.807, 2.05) is 42.5 Å². The third-order valence-electron chi connectivity index (χ3n) is 3.03. The van der Waals surface area contributed by atoms with Crippen LogP contribution in [0.5, 0.6) is 0 Å². The van der Waals surface area contributed by atoms with Gasteiger partial charge in [0.2, 0.25) is 0 Å². The van der Waals surface area contributed by atoms with Gasteiger partial charge in [-0.05, 0) is 11.5 Å². The van der Waals surface area contributed by atoms with Gasteiger partial charge in [0.05, 0.1) is 6.61 Å². The number of aliphatic imine (C=N–C) groups is 1. The average molecular weight is 254 g/mol. The number of fused-ring (bicyclic) bond motifs is 1. The number of ether oxygens (including phenoxy) is 1. The number of rotatable bonds is 2. The van der Waals surface area contributed by atoms with Crippen molar-refractivity contribution in [1.29, 1.82) is 0 Å². The first-order valence-electron chi connectivity index (χ1n) is 6.31. The van der Waals surface area contributed by atoms with E-state index < -0.39 is 0 Å². The topological polar surface area (TPSA) is 50.7 Å². The Labute approximate surface area is 111 Å². The first-order chi connectivity index (χ1) is 9.34. The van der Waals surface area contributed by atoms with Gasteiger partial charge in [-0.3, -0.25) is 4.79 Å². The molecule has 1 aliphatic rings. The molecule has 4 heteroatoms. The minimum Gasteiger partial charge on any atom is -0.474 e. The van der Waals surface area contributed by atoms with Crippen LogP contribution in [-0.2, 0) is 9.53 Å². The van der Waals surface area contributed by atoms with Crippen molar-refractivity contribution in [2.24, 2.45) is 4.99 Å². The van der Waals surface area contributed by atoms with Gasteiger partial charge in [-0.2, -0.15) is 0 Å². The van der Waals surface area contributed by atoms with E-state index in [4.69, 9.17) is 4.74 Å². The van der Waals surface area contributed by atoms with Crippen LogP contribution in [0, 0.1) is 0 Å². The van der Waals surface area contributed by atoms with Gasteiger partial charge in [0.25, 0.3) is 5.90 Å². The third-order valence-corrected chi connectivity index (χ3v) is 3.03. The second-order valence-corrected chi connectivity index (χ2v) is 4.37. The molecule has 2 aromatic rings. The lowest BCUT2D eigenvalue weighted by molar-refractivity contribution is -0.111. The molecule has 0 saturated heterocycles. The van der Waals surface area contributed by atoms with Crippen molar-refractivity contribution >= 4 is 28.3 Å². The molecule has 0 aromatic heterocycles. The van der Waals surface area contributed by atoms with Crippen LogP contribution >= 0.6 is 0 Å². The zero-order valence-electron chi connectivity index (χ0n) is 10.4. The Bertz CT molecular complexity index is 644. The van der Waals surface area contributed by atoms with Crippen molar-refractivity contribution in [2.45, 2.75) is 6.42 Å². The molecule has 0 unspecified atom stereocenters. The maximum Gasteiger partial charge on any atom is 0.310 e. The van der Waals surface area contributed by atoms with Gasteiger partial charge >= 0.3 is 5.91 Å². The maximum absolute atomic E-state index is 12.0. The lowest BCUT2D eigenvalue weighted by Gasteiger charge is -2.14. The average Bonchev–Trinajstić information content (AvgIpc) is 2.48. The summed E-state index contributed by atoms with van der Waals surface area (Å²) in [5.74, 6) is -0.102. The number of hydrogen-bond acceptors (Lipinski definition) is 3. The molecule has 19 heavy (non-hydrogen) atoms. The van der Waals surface area contributed by atoms with Crippen molar-refractivity contribution in [3.63, 3.8) is 0 Å². The molecule has 0 aliphatic carbocycles. The first-order valence-corrected chi connectivity index (χ1v) is 6.31. The van der Waals surface area contributed by atoms with Crippen LogP contribution < -0.4 is 5.32 Å². The monoisotopic (exact) mass is 254 g/mol. The molecule has 0 atom stereocenters. The van der Waals surface area contributed by atoms with E-state index in [0.717, 1.165) is 22.9 Å². The second kappa shape index (κ2) is 5.10. The lowest BCUT2D eigenvalue weighted by atomic mass is 10.1. The fourth-order valence-corrected chi connectivity index (χ4v) is 2.11. The van der Waals surface area contributed by atoms with Crippen LogP contribution in [0.1, 0.15) is 6.42 Å². The molecule has 0 saturated carbocycles. The molecule has 0 bridgehead atoms. The van der Waals surface area contributed by atoms with E-state index in [2.05, 4.69) is 10.3 Å². The van der Waals surface area contributed by atoms with Gasteiger partial charge in [-0.25, -0.2) is 4.99 Å². The Kier molecular flexibility index (Phi) is 3.14. The summed E-state index contributed by atoms with van der Waals surface area (Å²) in [6, 6.07) is 13.7. The summed E-state index contributed by atoms with van der Waals surface area (Å²) in [6.07, 6.45) is 0.866. The molecule has 1 aliphatic heterocycles. The number of carbonyl (C=O) groups excluding carboxylic acids is 1. The van der Waals surface area contributed by atoms with Crippen LogP contribution in [0.2, 0.25) is 0 Å². The molecule has 4 nitrogen and oxygen atoms in total. The summed E-state index contributed by atoms with van der Waals surface area (Å²) in [7, 11) is 0. The van der Waals surface area contributed by atoms with E-state index in [1.54, 1.807) is 0 Å². The third kappa shape index (κ3) is 2.42. The molecule has 0 radical (unpaired) electrons. The summed E-state index contributed by atoms with van der Waals surface area (Å²) in [4.78, 5) is 16.1. The molecule has 1 amide bonds. The highest BCUT2D eigenvalue weighted by atomic mass is 16.5. The number of amides is 1. The van der Waals surface area contributed by atoms with E-state index in [9.17, 15) is 4.79 Å². The van der Waals surface area contributed by atoms with Crippen LogP contribution in [0.4, 0.5) is 5.69 Å². The highest BCUT2D eigenvalue weighted by Crippen LogP contribution is 2.22. The number of anilines is 1. The quantitative estimate of drug-likeness (QED) is 0.895. The van der Waals surface area contributed by atoms with Crippen molar-refractivity contribution in [2.75, 3.05) is 18.5 Å². The van der Waals surface area contributed by atoms with Crippen molar-refractivity contribution < 1.29 is 9.53 Å². The number of carbonyl (C=O) groups is 1. The Morgan fingerprint density at radius 3 is 2.84 bits per heavy atom. The van der Waals surface area contributed by atoms with Gasteiger partial charge in [0.15, 0.2) is 0 Å². The van der Waals surface area contributed by atoms with Gasteiger partial charge in [-0.1, -0.05) is 36.4 Å². The largest absolute Gasteiger partial charge is 0.474 e. The lowest BCUT2D eigenvalue weighted by Crippen LogP contribution is -2.28. The highest BCUT2D eigenvalue weighted by molar-refractivity contribution is 6.40. The Morgan fingerprint density at radius 1 is 1.16 bits per heavy atom. The van der Waals surface area contributed by atoms with Gasteiger partial charge in [0.1, 0.15) is 0 Å². The molecule has 1 N–H and O–H groups in total. The van der Waals surface area contributed by atoms with E-state index >= 15 is 0 Å².